The van der Waals surface area contributed by atoms with Gasteiger partial charge in [0.05, 0.1) is 48.2 Å². The van der Waals surface area contributed by atoms with E-state index in [0.717, 1.165) is 60.9 Å². The predicted molar refractivity (Wildman–Crippen MR) is 227 cm³/mol. The van der Waals surface area contributed by atoms with Crippen LogP contribution in [0.4, 0.5) is 5.69 Å². The minimum atomic E-state index is -1.08. The Morgan fingerprint density at radius 2 is 1.55 bits per heavy atom. The van der Waals surface area contributed by atoms with Crippen LogP contribution in [0.3, 0.4) is 0 Å². The first-order valence-corrected chi connectivity index (χ1v) is 20.0. The standard InChI is InChI=1S/C44H47Cl2N5O7/c1-24-17-30(18-25(2)39(24)46)57-12-8-9-32-33-10-11-34(45)38(37-27(4)47-23-48-28(37)5)41(33)51-26(3)22-50(43(52)42(32)51)35-21-31(58-16-15-56-14-13-55-7)19-29-20-36(44(53)54)49(6)40(29)35/h10-11,17-21,23,26H,8-9,12-16,22H2,1-7H3,(H,53,54). The molecule has 7 rings (SSSR count). The number of nitrogens with zero attached hydrogens (tertiary/aromatic N) is 5. The molecule has 0 fully saturated rings. The van der Waals surface area contributed by atoms with Gasteiger partial charge in [0.1, 0.15) is 35.8 Å². The average Bonchev–Trinajstić information content (AvgIpc) is 3.70. The largest absolute Gasteiger partial charge is 0.494 e. The molecule has 1 N–H and O–H groups in total. The van der Waals surface area contributed by atoms with E-state index in [2.05, 4.69) is 21.5 Å². The highest BCUT2D eigenvalue weighted by molar-refractivity contribution is 6.35. The number of benzene rings is 3. The molecular formula is C44H47Cl2N5O7. The van der Waals surface area contributed by atoms with Crippen molar-refractivity contribution in [2.24, 2.45) is 7.05 Å². The number of hydrogen-bond donors (Lipinski definition) is 1. The Hall–Kier alpha value is -5.14. The molecule has 0 spiro atoms. The number of halogens is 2. The molecule has 0 aliphatic carbocycles. The molecule has 0 bridgehead atoms. The summed E-state index contributed by atoms with van der Waals surface area (Å²) in [6, 6.07) is 12.7. The summed E-state index contributed by atoms with van der Waals surface area (Å²) in [5, 5.41) is 12.9. The second-order valence-electron chi connectivity index (χ2n) is 14.8. The fourth-order valence-corrected chi connectivity index (χ4v) is 8.52. The highest BCUT2D eigenvalue weighted by Gasteiger charge is 2.38. The molecule has 4 heterocycles. The number of carbonyl (C=O) groups is 2. The average molecular weight is 829 g/mol. The highest BCUT2D eigenvalue weighted by Crippen LogP contribution is 2.46. The van der Waals surface area contributed by atoms with Crippen molar-refractivity contribution in [1.82, 2.24) is 19.1 Å². The molecule has 304 valence electrons. The van der Waals surface area contributed by atoms with Crippen molar-refractivity contribution in [2.75, 3.05) is 51.6 Å². The van der Waals surface area contributed by atoms with Crippen LogP contribution in [-0.4, -0.2) is 82.8 Å². The van der Waals surface area contributed by atoms with Crippen LogP contribution in [0.1, 0.15) is 68.4 Å². The predicted octanol–water partition coefficient (Wildman–Crippen LogP) is 9.10. The Balaban J connectivity index is 1.35. The Morgan fingerprint density at radius 3 is 2.24 bits per heavy atom. The molecule has 1 unspecified atom stereocenters. The number of fused-ring (bicyclic) bond motifs is 4. The SMILES string of the molecule is COCCOCCOc1cc(N2CC(C)n3c(c(CCCOc4cc(C)c(Cl)c(C)c4)c4ccc(Cl)c(-c5c(C)ncnc5C)c43)C2=O)c2c(c1)cc(C(=O)O)n2C. The zero-order chi connectivity index (χ0) is 41.4. The van der Waals surface area contributed by atoms with Crippen molar-refractivity contribution in [3.8, 4) is 22.6 Å². The number of rotatable bonds is 15. The van der Waals surface area contributed by atoms with Gasteiger partial charge in [-0.15, -0.1) is 0 Å². The number of hydrogen-bond acceptors (Lipinski definition) is 8. The third kappa shape index (κ3) is 7.61. The molecule has 12 nitrogen and oxygen atoms in total. The van der Waals surface area contributed by atoms with Crippen LogP contribution in [0.15, 0.2) is 48.8 Å². The molecule has 0 saturated heterocycles. The van der Waals surface area contributed by atoms with E-state index in [1.807, 2.05) is 58.0 Å². The highest BCUT2D eigenvalue weighted by atomic mass is 35.5. The van der Waals surface area contributed by atoms with Crippen molar-refractivity contribution < 1.29 is 33.6 Å². The maximum absolute atomic E-state index is 15.4. The number of aryl methyl sites for hydroxylation is 6. The van der Waals surface area contributed by atoms with Crippen LogP contribution in [0, 0.1) is 27.7 Å². The zero-order valence-corrected chi connectivity index (χ0v) is 35.3. The Labute approximate surface area is 347 Å². The molecule has 6 aromatic rings. The topological polar surface area (TPSA) is 130 Å². The summed E-state index contributed by atoms with van der Waals surface area (Å²) in [6.45, 7) is 12.0. The number of ether oxygens (including phenoxy) is 4. The first-order valence-electron chi connectivity index (χ1n) is 19.2. The van der Waals surface area contributed by atoms with E-state index >= 15 is 4.79 Å². The van der Waals surface area contributed by atoms with Gasteiger partial charge in [-0.3, -0.25) is 4.79 Å². The lowest BCUT2D eigenvalue weighted by atomic mass is 9.97. The van der Waals surface area contributed by atoms with Gasteiger partial charge in [-0.25, -0.2) is 14.8 Å². The minimum Gasteiger partial charge on any atom is -0.494 e. The summed E-state index contributed by atoms with van der Waals surface area (Å²) in [6.07, 6.45) is 2.68. The summed E-state index contributed by atoms with van der Waals surface area (Å²) in [5.74, 6) is -0.0842. The Morgan fingerprint density at radius 1 is 0.879 bits per heavy atom. The van der Waals surface area contributed by atoms with Crippen LogP contribution < -0.4 is 14.4 Å². The molecule has 1 amide bonds. The maximum atomic E-state index is 15.4. The number of aromatic nitrogens is 4. The second-order valence-corrected chi connectivity index (χ2v) is 15.5. The van der Waals surface area contributed by atoms with Gasteiger partial charge in [-0.2, -0.15) is 0 Å². The fourth-order valence-electron chi connectivity index (χ4n) is 8.17. The van der Waals surface area contributed by atoms with Gasteiger partial charge in [-0.05, 0) is 94.5 Å². The number of aromatic carboxylic acids is 1. The van der Waals surface area contributed by atoms with E-state index in [-0.39, 0.29) is 30.8 Å². The van der Waals surface area contributed by atoms with Gasteiger partial charge in [0.2, 0.25) is 0 Å². The summed E-state index contributed by atoms with van der Waals surface area (Å²) < 4.78 is 26.8. The van der Waals surface area contributed by atoms with E-state index < -0.39 is 5.97 Å². The lowest BCUT2D eigenvalue weighted by Crippen LogP contribution is -2.43. The van der Waals surface area contributed by atoms with E-state index in [9.17, 15) is 9.90 Å². The van der Waals surface area contributed by atoms with Crippen molar-refractivity contribution in [3.63, 3.8) is 0 Å². The fraction of sp³-hybridized carbons (Fsp3) is 0.364. The molecule has 58 heavy (non-hydrogen) atoms. The molecule has 1 atom stereocenters. The lowest BCUT2D eigenvalue weighted by Gasteiger charge is -2.35. The number of carbonyl (C=O) groups excluding carboxylic acids is 1. The quantitative estimate of drug-likeness (QED) is 0.101. The lowest BCUT2D eigenvalue weighted by molar-refractivity contribution is 0.0544. The number of carboxylic acids is 1. The van der Waals surface area contributed by atoms with Gasteiger partial charge in [0.25, 0.3) is 5.91 Å². The zero-order valence-electron chi connectivity index (χ0n) is 33.7. The van der Waals surface area contributed by atoms with Gasteiger partial charge in [0.15, 0.2) is 0 Å². The number of methoxy groups -OCH3 is 1. The molecular weight excluding hydrogens is 781 g/mol. The van der Waals surface area contributed by atoms with Crippen LogP contribution in [0.5, 0.6) is 11.5 Å². The summed E-state index contributed by atoms with van der Waals surface area (Å²) in [4.78, 5) is 38.5. The van der Waals surface area contributed by atoms with Gasteiger partial charge in [0, 0.05) is 71.1 Å². The molecule has 0 saturated carbocycles. The Bertz CT molecular complexity index is 2520. The summed E-state index contributed by atoms with van der Waals surface area (Å²) in [5.41, 5.74) is 8.50. The molecule has 1 aliphatic heterocycles. The third-order valence-corrected chi connectivity index (χ3v) is 11.7. The normalized spacial score (nSPS) is 14.1. The molecule has 0 radical (unpaired) electrons. The number of amides is 1. The number of carboxylic acid groups (broad SMARTS) is 1. The molecule has 3 aromatic carbocycles. The minimum absolute atomic E-state index is 0.0878. The monoisotopic (exact) mass is 827 g/mol. The van der Waals surface area contributed by atoms with E-state index in [1.54, 1.807) is 42.1 Å². The third-order valence-electron chi connectivity index (χ3n) is 10.8. The van der Waals surface area contributed by atoms with Gasteiger partial charge < -0.3 is 38.1 Å². The van der Waals surface area contributed by atoms with Crippen molar-refractivity contribution in [1.29, 1.82) is 0 Å². The maximum Gasteiger partial charge on any atom is 0.352 e. The summed E-state index contributed by atoms with van der Waals surface area (Å²) >= 11 is 13.5. The van der Waals surface area contributed by atoms with Gasteiger partial charge >= 0.3 is 5.97 Å². The van der Waals surface area contributed by atoms with Crippen LogP contribution >= 0.6 is 23.2 Å². The smallest absolute Gasteiger partial charge is 0.352 e. The van der Waals surface area contributed by atoms with Crippen molar-refractivity contribution in [2.45, 2.75) is 53.5 Å². The molecule has 14 heteroatoms. The number of anilines is 1. The molecule has 1 aliphatic rings. The van der Waals surface area contributed by atoms with E-state index in [4.69, 9.17) is 42.1 Å². The first kappa shape index (κ1) is 41.0. The van der Waals surface area contributed by atoms with Crippen LogP contribution in [-0.2, 0) is 22.9 Å². The van der Waals surface area contributed by atoms with Crippen LogP contribution in [0.2, 0.25) is 10.0 Å². The summed E-state index contributed by atoms with van der Waals surface area (Å²) in [7, 11) is 3.31. The van der Waals surface area contributed by atoms with E-state index in [0.29, 0.717) is 72.3 Å². The first-order chi connectivity index (χ1) is 27.8. The molecule has 3 aromatic heterocycles. The second kappa shape index (κ2) is 17.0. The van der Waals surface area contributed by atoms with Crippen molar-refractivity contribution in [3.05, 3.63) is 98.3 Å². The van der Waals surface area contributed by atoms with E-state index in [1.165, 1.54) is 0 Å². The van der Waals surface area contributed by atoms with Gasteiger partial charge in [-0.1, -0.05) is 29.3 Å². The van der Waals surface area contributed by atoms with Crippen LogP contribution in [0.25, 0.3) is 32.9 Å². The van der Waals surface area contributed by atoms with Crippen molar-refractivity contribution >= 4 is 62.6 Å². The Kier molecular flexibility index (Phi) is 12.0.